The summed E-state index contributed by atoms with van der Waals surface area (Å²) in [4.78, 5) is 9.59. The number of thiocarbonyl (C=S) groups is 1. The number of nitrogens with zero attached hydrogens (tertiary/aromatic N) is 1. The number of non-ortho nitro benzene ring substituents is 1. The maximum atomic E-state index is 10.0. The van der Waals surface area contributed by atoms with Gasteiger partial charge >= 0.3 is 0 Å². The lowest BCUT2D eigenvalue weighted by molar-refractivity contribution is -0.384. The van der Waals surface area contributed by atoms with Crippen LogP contribution in [0.2, 0.25) is 0 Å². The van der Waals surface area contributed by atoms with Crippen molar-refractivity contribution >= 4 is 34.9 Å². The molecule has 1 rings (SSSR count). The summed E-state index contributed by atoms with van der Waals surface area (Å²) in [5, 5.41) is 10.0. The van der Waals surface area contributed by atoms with Crippen LogP contribution in [-0.4, -0.2) is 9.24 Å². The van der Waals surface area contributed by atoms with Gasteiger partial charge in [0.15, 0.2) is 0 Å². The van der Waals surface area contributed by atoms with Crippen LogP contribution in [0.5, 0.6) is 0 Å². The van der Waals surface area contributed by atoms with E-state index < -0.39 is 4.92 Å². The van der Waals surface area contributed by atoms with Crippen LogP contribution in [0.25, 0.3) is 0 Å². The molecule has 0 aliphatic rings. The standard InChI is InChI=1S/C6H5NO2.CH3NS2/c8-7(9)6-4-2-1-3-5-6;2-1(3)4/h1-5H;(H3,2,3,4). The Kier molecular flexibility index (Phi) is 5.82. The largest absolute Gasteiger partial charge is 0.385 e. The second-order valence-corrected chi connectivity index (χ2v) is 3.16. The molecule has 1 aromatic carbocycles. The van der Waals surface area contributed by atoms with E-state index in [1.54, 1.807) is 18.2 Å². The van der Waals surface area contributed by atoms with Crippen molar-refractivity contribution in [2.45, 2.75) is 0 Å². The molecule has 6 heteroatoms. The van der Waals surface area contributed by atoms with Crippen molar-refractivity contribution in [1.82, 2.24) is 0 Å². The normalized spacial score (nSPS) is 8.08. The summed E-state index contributed by atoms with van der Waals surface area (Å²) in [7, 11) is 0. The zero-order chi connectivity index (χ0) is 10.3. The summed E-state index contributed by atoms with van der Waals surface area (Å²) >= 11 is 7.65. The molecule has 0 radical (unpaired) electrons. The Bertz CT molecular complexity index is 286. The SMILES string of the molecule is NC(=S)S.O=[N+]([O-])c1ccccc1. The Hall–Kier alpha value is -1.14. The van der Waals surface area contributed by atoms with Gasteiger partial charge in [0.2, 0.25) is 0 Å². The number of nitro benzene ring substituents is 1. The van der Waals surface area contributed by atoms with Crippen molar-refractivity contribution in [1.29, 1.82) is 0 Å². The van der Waals surface area contributed by atoms with Crippen LogP contribution in [0.4, 0.5) is 5.69 Å². The van der Waals surface area contributed by atoms with Gasteiger partial charge in [-0.25, -0.2) is 0 Å². The van der Waals surface area contributed by atoms with Crippen molar-refractivity contribution in [3.63, 3.8) is 0 Å². The molecule has 0 amide bonds. The first-order valence-corrected chi connectivity index (χ1v) is 4.07. The van der Waals surface area contributed by atoms with Crippen molar-refractivity contribution in [2.24, 2.45) is 5.73 Å². The van der Waals surface area contributed by atoms with Gasteiger partial charge in [-0.15, -0.1) is 12.6 Å². The Balaban J connectivity index is 0.000000310. The van der Waals surface area contributed by atoms with Gasteiger partial charge in [-0.1, -0.05) is 30.4 Å². The smallest absolute Gasteiger partial charge is 0.269 e. The lowest BCUT2D eigenvalue weighted by atomic mass is 10.3. The molecule has 0 saturated heterocycles. The maximum absolute atomic E-state index is 10.0. The van der Waals surface area contributed by atoms with Crippen LogP contribution < -0.4 is 5.73 Å². The minimum absolute atomic E-state index is 0.137. The highest BCUT2D eigenvalue weighted by Gasteiger charge is 1.98. The molecule has 0 aliphatic heterocycles. The van der Waals surface area contributed by atoms with Gasteiger partial charge in [0, 0.05) is 12.1 Å². The topological polar surface area (TPSA) is 69.2 Å². The fraction of sp³-hybridized carbons (Fsp3) is 0. The van der Waals surface area contributed by atoms with Gasteiger partial charge in [0.05, 0.1) is 4.92 Å². The fourth-order valence-electron chi connectivity index (χ4n) is 0.550. The van der Waals surface area contributed by atoms with E-state index in [2.05, 4.69) is 24.8 Å². The van der Waals surface area contributed by atoms with Crippen molar-refractivity contribution < 1.29 is 4.92 Å². The second kappa shape index (κ2) is 6.38. The van der Waals surface area contributed by atoms with E-state index in [-0.39, 0.29) is 10.0 Å². The highest BCUT2D eigenvalue weighted by molar-refractivity contribution is 8.10. The maximum Gasteiger partial charge on any atom is 0.269 e. The molecule has 2 N–H and O–H groups in total. The summed E-state index contributed by atoms with van der Waals surface area (Å²) in [6.45, 7) is 0. The predicted octanol–water partition coefficient (Wildman–Crippen LogP) is 1.75. The molecule has 0 saturated carbocycles. The molecule has 4 nitrogen and oxygen atoms in total. The summed E-state index contributed by atoms with van der Waals surface area (Å²) in [6.07, 6.45) is 0. The van der Waals surface area contributed by atoms with Crippen molar-refractivity contribution in [2.75, 3.05) is 0 Å². The number of rotatable bonds is 1. The first-order valence-electron chi connectivity index (χ1n) is 3.22. The molecule has 13 heavy (non-hydrogen) atoms. The molecule has 70 valence electrons. The zero-order valence-corrected chi connectivity index (χ0v) is 8.29. The minimum atomic E-state index is -0.417. The van der Waals surface area contributed by atoms with E-state index in [0.29, 0.717) is 0 Å². The van der Waals surface area contributed by atoms with Gasteiger partial charge < -0.3 is 5.73 Å². The van der Waals surface area contributed by atoms with Gasteiger partial charge in [0.25, 0.3) is 5.69 Å². The van der Waals surface area contributed by atoms with Gasteiger partial charge in [-0.3, -0.25) is 10.1 Å². The average molecular weight is 216 g/mol. The molecule has 0 bridgehead atoms. The van der Waals surface area contributed by atoms with E-state index >= 15 is 0 Å². The van der Waals surface area contributed by atoms with Gasteiger partial charge in [0.1, 0.15) is 4.32 Å². The fourth-order valence-corrected chi connectivity index (χ4v) is 0.550. The first kappa shape index (κ1) is 11.9. The molecule has 0 aromatic heterocycles. The molecule has 0 heterocycles. The molecule has 0 spiro atoms. The number of hydrogen-bond donors (Lipinski definition) is 2. The van der Waals surface area contributed by atoms with E-state index in [9.17, 15) is 10.1 Å². The third-order valence-corrected chi connectivity index (χ3v) is 0.967. The van der Waals surface area contributed by atoms with Crippen molar-refractivity contribution in [3.8, 4) is 0 Å². The van der Waals surface area contributed by atoms with Crippen LogP contribution in [0.3, 0.4) is 0 Å². The van der Waals surface area contributed by atoms with Crippen molar-refractivity contribution in [3.05, 3.63) is 40.4 Å². The molecular weight excluding hydrogens is 208 g/mol. The number of para-hydroxylation sites is 1. The van der Waals surface area contributed by atoms with Gasteiger partial charge in [-0.05, 0) is 0 Å². The summed E-state index contributed by atoms with van der Waals surface area (Å²) in [6, 6.07) is 7.93. The Morgan fingerprint density at radius 2 is 1.85 bits per heavy atom. The number of thiol groups is 1. The molecule has 0 fully saturated rings. The summed E-state index contributed by atoms with van der Waals surface area (Å²) < 4.78 is 0.194. The highest BCUT2D eigenvalue weighted by Crippen LogP contribution is 2.06. The lowest BCUT2D eigenvalue weighted by Gasteiger charge is -1.85. The summed E-state index contributed by atoms with van der Waals surface area (Å²) in [5.74, 6) is 0. The van der Waals surface area contributed by atoms with Crippen LogP contribution in [0, 0.1) is 10.1 Å². The first-order chi connectivity index (χ1) is 6.04. The van der Waals surface area contributed by atoms with Crippen LogP contribution in [0.15, 0.2) is 30.3 Å². The monoisotopic (exact) mass is 216 g/mol. The Morgan fingerprint density at radius 3 is 2.08 bits per heavy atom. The summed E-state index contributed by atoms with van der Waals surface area (Å²) in [5.41, 5.74) is 4.84. The highest BCUT2D eigenvalue weighted by atomic mass is 32.1. The third kappa shape index (κ3) is 7.23. The molecule has 0 unspecified atom stereocenters. The number of benzene rings is 1. The Labute approximate surface area is 86.3 Å². The van der Waals surface area contributed by atoms with E-state index in [1.807, 2.05) is 0 Å². The number of hydrogen-bond acceptors (Lipinski definition) is 3. The third-order valence-electron chi connectivity index (χ3n) is 0.967. The number of nitro groups is 1. The number of nitrogens with two attached hydrogens (primary N) is 1. The molecule has 1 aromatic rings. The molecule has 0 atom stereocenters. The average Bonchev–Trinajstić information content (AvgIpc) is 2.05. The van der Waals surface area contributed by atoms with E-state index in [4.69, 9.17) is 5.73 Å². The Morgan fingerprint density at radius 1 is 1.46 bits per heavy atom. The van der Waals surface area contributed by atoms with E-state index in [1.165, 1.54) is 12.1 Å². The molecular formula is C7H8N2O2S2. The predicted molar refractivity (Wildman–Crippen MR) is 58.9 cm³/mol. The van der Waals surface area contributed by atoms with Crippen LogP contribution >= 0.6 is 24.8 Å². The second-order valence-electron chi connectivity index (χ2n) is 1.93. The van der Waals surface area contributed by atoms with E-state index in [0.717, 1.165) is 0 Å². The van der Waals surface area contributed by atoms with Gasteiger partial charge in [-0.2, -0.15) is 0 Å². The molecule has 0 aliphatic carbocycles. The lowest BCUT2D eigenvalue weighted by Crippen LogP contribution is -1.94. The zero-order valence-electron chi connectivity index (χ0n) is 6.58. The van der Waals surface area contributed by atoms with Crippen LogP contribution in [-0.2, 0) is 0 Å². The minimum Gasteiger partial charge on any atom is -0.385 e. The van der Waals surface area contributed by atoms with Crippen LogP contribution in [0.1, 0.15) is 0 Å². The quantitative estimate of drug-likeness (QED) is 0.325.